The van der Waals surface area contributed by atoms with Gasteiger partial charge in [0.05, 0.1) is 5.69 Å². The average molecular weight is 256 g/mol. The van der Waals surface area contributed by atoms with Crippen LogP contribution in [0.3, 0.4) is 0 Å². The summed E-state index contributed by atoms with van der Waals surface area (Å²) in [6.07, 6.45) is 0. The summed E-state index contributed by atoms with van der Waals surface area (Å²) in [5, 5.41) is 1.87. The molecule has 0 aromatic heterocycles. The van der Waals surface area contributed by atoms with E-state index in [0.29, 0.717) is 0 Å². The fourth-order valence-corrected chi connectivity index (χ4v) is 2.21. The highest BCUT2D eigenvalue weighted by atomic mass is 79.9. The normalized spacial score (nSPS) is 18.6. The van der Waals surface area contributed by atoms with Crippen LogP contribution in [0.1, 0.15) is 0 Å². The third-order valence-electron chi connectivity index (χ3n) is 2.51. The zero-order chi connectivity index (χ0) is 9.97. The van der Waals surface area contributed by atoms with E-state index in [4.69, 9.17) is 5.84 Å². The Balaban J connectivity index is 2.12. The lowest BCUT2D eigenvalue weighted by Gasteiger charge is -2.34. The Hall–Kier alpha value is -0.580. The van der Waals surface area contributed by atoms with E-state index in [0.717, 1.165) is 30.7 Å². The molecule has 2 N–H and O–H groups in total. The Morgan fingerprint density at radius 3 is 2.36 bits per heavy atom. The Kier molecular flexibility index (Phi) is 3.05. The maximum absolute atomic E-state index is 5.71. The fourth-order valence-electron chi connectivity index (χ4n) is 1.67. The number of para-hydroxylation sites is 1. The molecule has 0 bridgehead atoms. The van der Waals surface area contributed by atoms with E-state index in [1.54, 1.807) is 0 Å². The number of nitrogens with zero attached hydrogens (tertiary/aromatic N) is 2. The molecule has 76 valence electrons. The topological polar surface area (TPSA) is 32.5 Å². The number of hydrogen-bond donors (Lipinski definition) is 1. The predicted octanol–water partition coefficient (Wildman–Crippen LogP) is 1.44. The van der Waals surface area contributed by atoms with E-state index >= 15 is 0 Å². The molecule has 0 unspecified atom stereocenters. The first-order valence-corrected chi connectivity index (χ1v) is 5.56. The molecule has 3 nitrogen and oxygen atoms in total. The van der Waals surface area contributed by atoms with Gasteiger partial charge in [-0.1, -0.05) is 12.1 Å². The van der Waals surface area contributed by atoms with Crippen LogP contribution in [0.2, 0.25) is 0 Å². The molecule has 1 fully saturated rings. The van der Waals surface area contributed by atoms with Crippen LogP contribution in [-0.2, 0) is 0 Å². The van der Waals surface area contributed by atoms with Crippen molar-refractivity contribution in [1.82, 2.24) is 5.01 Å². The first kappa shape index (κ1) is 9.96. The molecule has 1 heterocycles. The monoisotopic (exact) mass is 255 g/mol. The SMILES string of the molecule is NN1CCN(c2ccccc2Br)CC1. The third-order valence-corrected chi connectivity index (χ3v) is 3.18. The zero-order valence-corrected chi connectivity index (χ0v) is 9.57. The van der Waals surface area contributed by atoms with E-state index in [1.807, 2.05) is 11.1 Å². The fraction of sp³-hybridized carbons (Fsp3) is 0.400. The second-order valence-corrected chi connectivity index (χ2v) is 4.33. The smallest absolute Gasteiger partial charge is 0.0511 e. The predicted molar refractivity (Wildman–Crippen MR) is 62.1 cm³/mol. The summed E-state index contributed by atoms with van der Waals surface area (Å²) in [7, 11) is 0. The Bertz CT molecular complexity index is 308. The van der Waals surface area contributed by atoms with E-state index in [9.17, 15) is 0 Å². The van der Waals surface area contributed by atoms with Gasteiger partial charge in [-0.2, -0.15) is 0 Å². The molecule has 14 heavy (non-hydrogen) atoms. The van der Waals surface area contributed by atoms with E-state index in [1.165, 1.54) is 5.69 Å². The highest BCUT2D eigenvalue weighted by Gasteiger charge is 2.15. The average Bonchev–Trinajstić information content (AvgIpc) is 2.20. The van der Waals surface area contributed by atoms with Crippen molar-refractivity contribution in [3.05, 3.63) is 28.7 Å². The van der Waals surface area contributed by atoms with Crippen molar-refractivity contribution >= 4 is 21.6 Å². The molecule has 1 aromatic carbocycles. The molecule has 1 aromatic rings. The van der Waals surface area contributed by atoms with Crippen molar-refractivity contribution in [2.75, 3.05) is 31.1 Å². The van der Waals surface area contributed by atoms with Gasteiger partial charge < -0.3 is 4.90 Å². The van der Waals surface area contributed by atoms with Gasteiger partial charge >= 0.3 is 0 Å². The molecular weight excluding hydrogens is 242 g/mol. The van der Waals surface area contributed by atoms with Crippen molar-refractivity contribution in [3.8, 4) is 0 Å². The van der Waals surface area contributed by atoms with Crippen molar-refractivity contribution in [2.45, 2.75) is 0 Å². The van der Waals surface area contributed by atoms with Gasteiger partial charge in [0.2, 0.25) is 0 Å². The molecule has 0 spiro atoms. The van der Waals surface area contributed by atoms with Gasteiger partial charge in [0.1, 0.15) is 0 Å². The lowest BCUT2D eigenvalue weighted by Crippen LogP contribution is -2.49. The van der Waals surface area contributed by atoms with E-state index < -0.39 is 0 Å². The van der Waals surface area contributed by atoms with Crippen molar-refractivity contribution in [2.24, 2.45) is 5.84 Å². The van der Waals surface area contributed by atoms with Crippen molar-refractivity contribution < 1.29 is 0 Å². The Morgan fingerprint density at radius 2 is 1.71 bits per heavy atom. The van der Waals surface area contributed by atoms with Gasteiger partial charge in [-0.15, -0.1) is 0 Å². The van der Waals surface area contributed by atoms with Crippen molar-refractivity contribution in [3.63, 3.8) is 0 Å². The number of anilines is 1. The lowest BCUT2D eigenvalue weighted by molar-refractivity contribution is 0.266. The molecule has 0 amide bonds. The van der Waals surface area contributed by atoms with Gasteiger partial charge in [-0.05, 0) is 28.1 Å². The molecule has 1 aliphatic heterocycles. The minimum Gasteiger partial charge on any atom is -0.368 e. The summed E-state index contributed by atoms with van der Waals surface area (Å²) < 4.78 is 1.16. The summed E-state index contributed by atoms with van der Waals surface area (Å²) >= 11 is 3.56. The van der Waals surface area contributed by atoms with Crippen LogP contribution in [-0.4, -0.2) is 31.2 Å². The number of halogens is 1. The van der Waals surface area contributed by atoms with Crippen LogP contribution < -0.4 is 10.7 Å². The van der Waals surface area contributed by atoms with Crippen LogP contribution in [0.15, 0.2) is 28.7 Å². The molecule has 0 aliphatic carbocycles. The maximum atomic E-state index is 5.71. The molecule has 0 atom stereocenters. The largest absolute Gasteiger partial charge is 0.368 e. The number of hydrogen-bond acceptors (Lipinski definition) is 3. The number of nitrogens with two attached hydrogens (primary N) is 1. The summed E-state index contributed by atoms with van der Waals surface area (Å²) in [6.45, 7) is 3.86. The third kappa shape index (κ3) is 2.08. The molecule has 0 radical (unpaired) electrons. The van der Waals surface area contributed by atoms with Gasteiger partial charge in [-0.3, -0.25) is 5.84 Å². The van der Waals surface area contributed by atoms with Crippen LogP contribution >= 0.6 is 15.9 Å². The van der Waals surface area contributed by atoms with Crippen LogP contribution in [0.4, 0.5) is 5.69 Å². The highest BCUT2D eigenvalue weighted by molar-refractivity contribution is 9.10. The quantitative estimate of drug-likeness (QED) is 0.772. The van der Waals surface area contributed by atoms with Gasteiger partial charge in [-0.25, -0.2) is 5.01 Å². The minimum atomic E-state index is 0.932. The maximum Gasteiger partial charge on any atom is 0.0511 e. The summed E-state index contributed by atoms with van der Waals surface area (Å²) in [5.74, 6) is 5.71. The van der Waals surface area contributed by atoms with Crippen LogP contribution in [0, 0.1) is 0 Å². The number of piperazine rings is 1. The second kappa shape index (κ2) is 4.29. The first-order chi connectivity index (χ1) is 6.77. The van der Waals surface area contributed by atoms with Crippen LogP contribution in [0.5, 0.6) is 0 Å². The van der Waals surface area contributed by atoms with Gasteiger partial charge in [0, 0.05) is 30.7 Å². The minimum absolute atomic E-state index is 0.932. The highest BCUT2D eigenvalue weighted by Crippen LogP contribution is 2.25. The van der Waals surface area contributed by atoms with Gasteiger partial charge in [0.15, 0.2) is 0 Å². The summed E-state index contributed by atoms with van der Waals surface area (Å²) in [4.78, 5) is 2.35. The van der Waals surface area contributed by atoms with Gasteiger partial charge in [0.25, 0.3) is 0 Å². The van der Waals surface area contributed by atoms with E-state index in [-0.39, 0.29) is 0 Å². The molecular formula is C10H14BrN3. The zero-order valence-electron chi connectivity index (χ0n) is 7.99. The Morgan fingerprint density at radius 1 is 1.07 bits per heavy atom. The molecule has 2 rings (SSSR count). The molecule has 4 heteroatoms. The lowest BCUT2D eigenvalue weighted by atomic mass is 10.2. The standard InChI is InChI=1S/C10H14BrN3/c11-9-3-1-2-4-10(9)13-5-7-14(12)8-6-13/h1-4H,5-8,12H2. The summed E-state index contributed by atoms with van der Waals surface area (Å²) in [6, 6.07) is 8.31. The molecule has 0 saturated carbocycles. The number of benzene rings is 1. The molecule has 1 aliphatic rings. The Labute approximate surface area is 92.6 Å². The number of hydrazine groups is 1. The summed E-state index contributed by atoms with van der Waals surface area (Å²) in [5.41, 5.74) is 1.26. The number of rotatable bonds is 1. The second-order valence-electron chi connectivity index (χ2n) is 3.47. The molecule has 1 saturated heterocycles. The van der Waals surface area contributed by atoms with Crippen LogP contribution in [0.25, 0.3) is 0 Å². The van der Waals surface area contributed by atoms with Crippen molar-refractivity contribution in [1.29, 1.82) is 0 Å². The first-order valence-electron chi connectivity index (χ1n) is 4.76. The van der Waals surface area contributed by atoms with E-state index in [2.05, 4.69) is 39.0 Å².